The highest BCUT2D eigenvalue weighted by Crippen LogP contribution is 2.35. The molecular formula is C20H14Br2IN3O3. The van der Waals surface area contributed by atoms with Crippen molar-refractivity contribution in [2.45, 2.75) is 6.61 Å². The first-order valence-corrected chi connectivity index (χ1v) is 11.0. The monoisotopic (exact) mass is 629 g/mol. The van der Waals surface area contributed by atoms with Crippen LogP contribution in [0.25, 0.3) is 0 Å². The largest absolute Gasteiger partial charge is 0.487 e. The number of hydrogen-bond donors (Lipinski definition) is 1. The molecule has 0 amide bonds. The van der Waals surface area contributed by atoms with E-state index in [-0.39, 0.29) is 5.69 Å². The lowest BCUT2D eigenvalue weighted by molar-refractivity contribution is -0.384. The van der Waals surface area contributed by atoms with Gasteiger partial charge in [-0.1, -0.05) is 12.1 Å². The fraction of sp³-hybridized carbons (Fsp3) is 0.0500. The van der Waals surface area contributed by atoms with Gasteiger partial charge in [0.15, 0.2) is 0 Å². The molecule has 3 aromatic carbocycles. The van der Waals surface area contributed by atoms with Gasteiger partial charge in [0.2, 0.25) is 0 Å². The highest BCUT2D eigenvalue weighted by atomic mass is 127. The fourth-order valence-corrected chi connectivity index (χ4v) is 4.18. The van der Waals surface area contributed by atoms with Crippen molar-refractivity contribution in [3.63, 3.8) is 0 Å². The molecule has 0 atom stereocenters. The van der Waals surface area contributed by atoms with Crippen LogP contribution in [0.3, 0.4) is 0 Å². The Morgan fingerprint density at radius 2 is 1.69 bits per heavy atom. The van der Waals surface area contributed by atoms with E-state index in [9.17, 15) is 10.1 Å². The van der Waals surface area contributed by atoms with Gasteiger partial charge in [-0.05, 0) is 102 Å². The van der Waals surface area contributed by atoms with Crippen LogP contribution in [0.2, 0.25) is 0 Å². The number of nitro groups is 1. The maximum Gasteiger partial charge on any atom is 0.269 e. The second-order valence-electron chi connectivity index (χ2n) is 5.90. The van der Waals surface area contributed by atoms with Crippen LogP contribution in [0.4, 0.5) is 11.4 Å². The number of ether oxygens (including phenoxy) is 1. The average molecular weight is 631 g/mol. The molecule has 0 aromatic heterocycles. The van der Waals surface area contributed by atoms with Crippen LogP contribution in [0, 0.1) is 13.7 Å². The maximum atomic E-state index is 10.7. The molecule has 6 nitrogen and oxygen atoms in total. The lowest BCUT2D eigenvalue weighted by Crippen LogP contribution is -1.98. The number of halogens is 3. The van der Waals surface area contributed by atoms with Crippen molar-refractivity contribution in [2.24, 2.45) is 5.10 Å². The molecule has 0 spiro atoms. The van der Waals surface area contributed by atoms with E-state index in [1.165, 1.54) is 15.7 Å². The first-order chi connectivity index (χ1) is 13.9. The third-order valence-corrected chi connectivity index (χ3v) is 5.70. The van der Waals surface area contributed by atoms with Gasteiger partial charge < -0.3 is 4.74 Å². The summed E-state index contributed by atoms with van der Waals surface area (Å²) in [4.78, 5) is 10.2. The van der Waals surface area contributed by atoms with E-state index in [1.807, 2.05) is 36.4 Å². The number of benzene rings is 3. The minimum absolute atomic E-state index is 0.0354. The number of anilines is 1. The van der Waals surface area contributed by atoms with Gasteiger partial charge in [-0.3, -0.25) is 15.5 Å². The zero-order valence-electron chi connectivity index (χ0n) is 14.8. The van der Waals surface area contributed by atoms with Crippen LogP contribution < -0.4 is 10.2 Å². The second kappa shape index (κ2) is 10.2. The molecule has 0 heterocycles. The summed E-state index contributed by atoms with van der Waals surface area (Å²) in [7, 11) is 0. The summed E-state index contributed by atoms with van der Waals surface area (Å²) >= 11 is 9.35. The highest BCUT2D eigenvalue weighted by molar-refractivity contribution is 14.1. The molecule has 148 valence electrons. The predicted octanol–water partition coefficient (Wildman–Crippen LogP) is 6.75. The van der Waals surface area contributed by atoms with E-state index in [0.29, 0.717) is 18.0 Å². The Morgan fingerprint density at radius 3 is 2.28 bits per heavy atom. The first-order valence-electron chi connectivity index (χ1n) is 8.32. The minimum Gasteiger partial charge on any atom is -0.487 e. The summed E-state index contributed by atoms with van der Waals surface area (Å²) in [5, 5.41) is 14.9. The minimum atomic E-state index is -0.440. The maximum absolute atomic E-state index is 10.7. The van der Waals surface area contributed by atoms with Gasteiger partial charge in [0.1, 0.15) is 12.4 Å². The highest BCUT2D eigenvalue weighted by Gasteiger charge is 2.09. The quantitative estimate of drug-likeness (QED) is 0.136. The van der Waals surface area contributed by atoms with Crippen molar-refractivity contribution in [2.75, 3.05) is 5.43 Å². The number of nitrogens with one attached hydrogen (secondary N) is 1. The molecule has 0 unspecified atom stereocenters. The third-order valence-electron chi connectivity index (χ3n) is 3.80. The topological polar surface area (TPSA) is 76.8 Å². The Kier molecular flexibility index (Phi) is 7.62. The molecule has 0 saturated heterocycles. The number of non-ortho nitro benzene ring substituents is 1. The van der Waals surface area contributed by atoms with Gasteiger partial charge >= 0.3 is 0 Å². The molecule has 0 saturated carbocycles. The smallest absolute Gasteiger partial charge is 0.269 e. The molecule has 1 N–H and O–H groups in total. The van der Waals surface area contributed by atoms with E-state index in [0.717, 1.165) is 20.1 Å². The van der Waals surface area contributed by atoms with Crippen molar-refractivity contribution >= 4 is 72.0 Å². The molecule has 3 rings (SSSR count). The number of nitrogens with zero attached hydrogens (tertiary/aromatic N) is 2. The van der Waals surface area contributed by atoms with E-state index in [2.05, 4.69) is 65.0 Å². The Morgan fingerprint density at radius 1 is 1.07 bits per heavy atom. The van der Waals surface area contributed by atoms with Crippen LogP contribution in [-0.2, 0) is 6.61 Å². The van der Waals surface area contributed by atoms with Crippen molar-refractivity contribution in [3.8, 4) is 5.75 Å². The predicted molar refractivity (Wildman–Crippen MR) is 130 cm³/mol. The molecule has 0 bridgehead atoms. The van der Waals surface area contributed by atoms with Crippen molar-refractivity contribution < 1.29 is 9.66 Å². The van der Waals surface area contributed by atoms with Crippen LogP contribution in [0.15, 0.2) is 74.7 Å². The van der Waals surface area contributed by atoms with Gasteiger partial charge in [-0.15, -0.1) is 0 Å². The Balaban J connectivity index is 1.64. The molecule has 9 heteroatoms. The van der Waals surface area contributed by atoms with Crippen LogP contribution >= 0.6 is 54.5 Å². The lowest BCUT2D eigenvalue weighted by Gasteiger charge is -2.11. The van der Waals surface area contributed by atoms with Gasteiger partial charge in [0, 0.05) is 15.7 Å². The van der Waals surface area contributed by atoms with Crippen LogP contribution in [0.1, 0.15) is 11.1 Å². The SMILES string of the molecule is O=[N+]([O-])c1ccc(N/N=C/c2cc(Br)c(OCc3ccc(I)cc3)c(Br)c2)cc1. The molecule has 0 fully saturated rings. The summed E-state index contributed by atoms with van der Waals surface area (Å²) in [6.07, 6.45) is 1.65. The summed E-state index contributed by atoms with van der Waals surface area (Å²) in [6, 6.07) is 18.0. The van der Waals surface area contributed by atoms with Crippen LogP contribution in [-0.4, -0.2) is 11.1 Å². The summed E-state index contributed by atoms with van der Waals surface area (Å²) in [5.41, 5.74) is 5.47. The molecule has 0 aliphatic heterocycles. The Bertz CT molecular complexity index is 1020. The number of hydrogen-bond acceptors (Lipinski definition) is 5. The number of nitro benzene ring substituents is 1. The molecule has 0 aliphatic rings. The number of rotatable bonds is 7. The standard InChI is InChI=1S/C20H14Br2IN3O3/c21-18-9-14(11-24-25-16-5-7-17(8-6-16)26(27)28)10-19(22)20(18)29-12-13-1-3-15(23)4-2-13/h1-11,25H,12H2/b24-11+. The van der Waals surface area contributed by atoms with Gasteiger partial charge in [-0.2, -0.15) is 5.10 Å². The normalized spacial score (nSPS) is 10.9. The lowest BCUT2D eigenvalue weighted by atomic mass is 10.2. The molecule has 29 heavy (non-hydrogen) atoms. The first kappa shape index (κ1) is 21.7. The summed E-state index contributed by atoms with van der Waals surface area (Å²) in [6.45, 7) is 0.462. The second-order valence-corrected chi connectivity index (χ2v) is 8.86. The summed E-state index contributed by atoms with van der Waals surface area (Å²) < 4.78 is 8.72. The van der Waals surface area contributed by atoms with Crippen molar-refractivity contribution in [3.05, 3.63) is 94.4 Å². The number of hydrazone groups is 1. The van der Waals surface area contributed by atoms with Gasteiger partial charge in [-0.25, -0.2) is 0 Å². The van der Waals surface area contributed by atoms with Crippen LogP contribution in [0.5, 0.6) is 5.75 Å². The summed E-state index contributed by atoms with van der Waals surface area (Å²) in [5.74, 6) is 0.712. The molecule has 0 aliphatic carbocycles. The van der Waals surface area contributed by atoms with Crippen molar-refractivity contribution in [1.29, 1.82) is 0 Å². The molecule has 0 radical (unpaired) electrons. The van der Waals surface area contributed by atoms with E-state index >= 15 is 0 Å². The van der Waals surface area contributed by atoms with E-state index < -0.39 is 4.92 Å². The molecular weight excluding hydrogens is 617 g/mol. The zero-order chi connectivity index (χ0) is 20.8. The molecule has 3 aromatic rings. The third kappa shape index (κ3) is 6.25. The average Bonchev–Trinajstić information content (AvgIpc) is 2.69. The van der Waals surface area contributed by atoms with Crippen molar-refractivity contribution in [1.82, 2.24) is 0 Å². The van der Waals surface area contributed by atoms with E-state index in [1.54, 1.807) is 18.3 Å². The van der Waals surface area contributed by atoms with Gasteiger partial charge in [0.25, 0.3) is 5.69 Å². The Labute approximate surface area is 197 Å². The van der Waals surface area contributed by atoms with Gasteiger partial charge in [0.05, 0.1) is 25.8 Å². The fourth-order valence-electron chi connectivity index (χ4n) is 2.37. The van der Waals surface area contributed by atoms with E-state index in [4.69, 9.17) is 4.74 Å². The Hall–Kier alpha value is -1.98. The zero-order valence-corrected chi connectivity index (χ0v) is 20.1.